The van der Waals surface area contributed by atoms with Crippen LogP contribution >= 0.6 is 0 Å². The molecule has 16 heavy (non-hydrogen) atoms. The summed E-state index contributed by atoms with van der Waals surface area (Å²) >= 11 is 0. The topological polar surface area (TPSA) is 98.7 Å². The Bertz CT molecular complexity index is 290. The van der Waals surface area contributed by atoms with Crippen molar-refractivity contribution in [2.45, 2.75) is 25.9 Å². The Morgan fingerprint density at radius 3 is 1.88 bits per heavy atom. The monoisotopic (exact) mass is 231 g/mol. The minimum atomic E-state index is -1.14. The van der Waals surface area contributed by atoms with Crippen molar-refractivity contribution in [2.75, 3.05) is 14.1 Å². The average Bonchev–Trinajstić information content (AvgIpc) is 2.15. The first kappa shape index (κ1) is 14.2. The summed E-state index contributed by atoms with van der Waals surface area (Å²) in [6, 6.07) is -2.38. The van der Waals surface area contributed by atoms with Crippen LogP contribution in [-0.2, 0) is 9.59 Å². The molecule has 3 N–H and O–H groups in total. The van der Waals surface area contributed by atoms with Crippen molar-refractivity contribution in [1.82, 2.24) is 15.5 Å². The lowest BCUT2D eigenvalue weighted by Crippen LogP contribution is -2.51. The van der Waals surface area contributed by atoms with E-state index < -0.39 is 24.1 Å². The third kappa shape index (κ3) is 4.63. The minimum Gasteiger partial charge on any atom is -0.480 e. The lowest BCUT2D eigenvalue weighted by Gasteiger charge is -2.19. The number of likely N-dealkylation sites (N-methyl/N-ethyl adjacent to an activating group) is 1. The number of rotatable bonds is 4. The maximum Gasteiger partial charge on any atom is 0.325 e. The van der Waals surface area contributed by atoms with Gasteiger partial charge in [0.15, 0.2) is 0 Å². The highest BCUT2D eigenvalue weighted by Crippen LogP contribution is 1.89. The number of hydrogen-bond acceptors (Lipinski definition) is 3. The first-order valence-corrected chi connectivity index (χ1v) is 4.76. The molecule has 0 aliphatic heterocycles. The second-order valence-electron chi connectivity index (χ2n) is 3.63. The summed E-state index contributed by atoms with van der Waals surface area (Å²) in [6.45, 7) is 2.85. The number of aliphatic carboxylic acids is 1. The van der Waals surface area contributed by atoms with Gasteiger partial charge in [-0.1, -0.05) is 0 Å². The first-order chi connectivity index (χ1) is 7.25. The molecule has 0 heterocycles. The Balaban J connectivity index is 4.15. The molecular formula is C9H17N3O4. The Kier molecular flexibility index (Phi) is 5.27. The van der Waals surface area contributed by atoms with Crippen LogP contribution in [0, 0.1) is 0 Å². The number of nitrogens with one attached hydrogen (secondary N) is 2. The van der Waals surface area contributed by atoms with E-state index in [1.54, 1.807) is 14.1 Å². The predicted molar refractivity (Wildman–Crippen MR) is 56.9 cm³/mol. The molecule has 0 aromatic heterocycles. The van der Waals surface area contributed by atoms with Gasteiger partial charge >= 0.3 is 12.0 Å². The van der Waals surface area contributed by atoms with Crippen LogP contribution in [0.25, 0.3) is 0 Å². The van der Waals surface area contributed by atoms with Gasteiger partial charge in [0.25, 0.3) is 0 Å². The zero-order chi connectivity index (χ0) is 12.9. The van der Waals surface area contributed by atoms with Gasteiger partial charge in [-0.3, -0.25) is 9.59 Å². The highest BCUT2D eigenvalue weighted by molar-refractivity contribution is 5.88. The van der Waals surface area contributed by atoms with E-state index in [-0.39, 0.29) is 5.91 Å². The van der Waals surface area contributed by atoms with Crippen LogP contribution < -0.4 is 10.6 Å². The molecule has 0 aromatic carbocycles. The Morgan fingerprint density at radius 1 is 1.06 bits per heavy atom. The van der Waals surface area contributed by atoms with E-state index in [9.17, 15) is 14.4 Å². The highest BCUT2D eigenvalue weighted by Gasteiger charge is 2.19. The number of urea groups is 1. The van der Waals surface area contributed by atoms with Crippen LogP contribution in [0.2, 0.25) is 0 Å². The molecule has 92 valence electrons. The standard InChI is InChI=1S/C9H17N3O4/c1-5(7(13)12(3)4)10-9(16)11-6(2)8(14)15/h5-6H,1-4H3,(H,14,15)(H2,10,11,16)/t5?,6-/m0/s1. The fourth-order valence-corrected chi connectivity index (χ4v) is 0.946. The third-order valence-electron chi connectivity index (χ3n) is 1.88. The molecule has 7 heteroatoms. The number of amides is 3. The van der Waals surface area contributed by atoms with Crippen molar-refractivity contribution >= 4 is 17.9 Å². The number of hydrogen-bond donors (Lipinski definition) is 3. The zero-order valence-corrected chi connectivity index (χ0v) is 9.77. The minimum absolute atomic E-state index is 0.266. The van der Waals surface area contributed by atoms with Crippen molar-refractivity contribution in [3.63, 3.8) is 0 Å². The van der Waals surface area contributed by atoms with Gasteiger partial charge in [-0.2, -0.15) is 0 Å². The van der Waals surface area contributed by atoms with Gasteiger partial charge in [-0.15, -0.1) is 0 Å². The highest BCUT2D eigenvalue weighted by atomic mass is 16.4. The summed E-state index contributed by atoms with van der Waals surface area (Å²) in [5.74, 6) is -1.40. The molecule has 3 amide bonds. The molecule has 0 fully saturated rings. The molecule has 0 aliphatic rings. The number of carboxylic acid groups (broad SMARTS) is 1. The van der Waals surface area contributed by atoms with Gasteiger partial charge in [0, 0.05) is 14.1 Å². The summed E-state index contributed by atoms with van der Waals surface area (Å²) < 4.78 is 0. The van der Waals surface area contributed by atoms with Crippen molar-refractivity contribution in [2.24, 2.45) is 0 Å². The summed E-state index contributed by atoms with van der Waals surface area (Å²) in [5.41, 5.74) is 0. The predicted octanol–water partition coefficient (Wildman–Crippen LogP) is -0.765. The van der Waals surface area contributed by atoms with E-state index in [0.717, 1.165) is 0 Å². The second-order valence-corrected chi connectivity index (χ2v) is 3.63. The van der Waals surface area contributed by atoms with E-state index in [2.05, 4.69) is 10.6 Å². The molecule has 0 bridgehead atoms. The van der Waals surface area contributed by atoms with Crippen LogP contribution in [0.5, 0.6) is 0 Å². The Hall–Kier alpha value is -1.79. The Morgan fingerprint density at radius 2 is 1.50 bits per heavy atom. The van der Waals surface area contributed by atoms with E-state index in [4.69, 9.17) is 5.11 Å². The van der Waals surface area contributed by atoms with E-state index in [1.807, 2.05) is 0 Å². The van der Waals surface area contributed by atoms with Crippen molar-refractivity contribution in [1.29, 1.82) is 0 Å². The van der Waals surface area contributed by atoms with Gasteiger partial charge in [0.1, 0.15) is 12.1 Å². The molecule has 0 radical (unpaired) electrons. The maximum atomic E-state index is 11.4. The smallest absolute Gasteiger partial charge is 0.325 e. The lowest BCUT2D eigenvalue weighted by molar-refractivity contribution is -0.138. The molecule has 0 spiro atoms. The average molecular weight is 231 g/mol. The third-order valence-corrected chi connectivity index (χ3v) is 1.88. The summed E-state index contributed by atoms with van der Waals surface area (Å²) in [7, 11) is 3.14. The van der Waals surface area contributed by atoms with Crippen molar-refractivity contribution in [3.05, 3.63) is 0 Å². The lowest BCUT2D eigenvalue weighted by atomic mass is 10.3. The fraction of sp³-hybridized carbons (Fsp3) is 0.667. The maximum absolute atomic E-state index is 11.4. The molecule has 0 aliphatic carbocycles. The van der Waals surface area contributed by atoms with Gasteiger partial charge in [0.05, 0.1) is 0 Å². The molecule has 0 rings (SSSR count). The summed E-state index contributed by atoms with van der Waals surface area (Å²) in [5, 5.41) is 13.1. The molecule has 0 aromatic rings. The van der Waals surface area contributed by atoms with Gasteiger partial charge in [-0.25, -0.2) is 4.79 Å². The van der Waals surface area contributed by atoms with Crippen molar-refractivity contribution in [3.8, 4) is 0 Å². The van der Waals surface area contributed by atoms with Crippen LogP contribution in [0.4, 0.5) is 4.79 Å². The summed E-state index contributed by atoms with van der Waals surface area (Å²) in [4.78, 5) is 34.4. The molecule has 1 unspecified atom stereocenters. The van der Waals surface area contributed by atoms with Crippen molar-refractivity contribution < 1.29 is 19.5 Å². The normalized spacial score (nSPS) is 13.5. The number of carbonyl (C=O) groups is 3. The Labute approximate surface area is 93.8 Å². The molecule has 2 atom stereocenters. The molecular weight excluding hydrogens is 214 g/mol. The van der Waals surface area contributed by atoms with E-state index >= 15 is 0 Å². The SMILES string of the molecule is CC(NC(=O)N[C@@H](C)C(=O)O)C(=O)N(C)C. The zero-order valence-electron chi connectivity index (χ0n) is 9.77. The first-order valence-electron chi connectivity index (χ1n) is 4.76. The molecule has 0 saturated heterocycles. The van der Waals surface area contributed by atoms with Gasteiger partial charge < -0.3 is 20.6 Å². The van der Waals surface area contributed by atoms with Crippen LogP contribution in [0.3, 0.4) is 0 Å². The molecule has 7 nitrogen and oxygen atoms in total. The number of carbonyl (C=O) groups excluding carboxylic acids is 2. The van der Waals surface area contributed by atoms with Gasteiger partial charge in [0.2, 0.25) is 5.91 Å². The van der Waals surface area contributed by atoms with E-state index in [1.165, 1.54) is 18.7 Å². The van der Waals surface area contributed by atoms with Crippen LogP contribution in [0.15, 0.2) is 0 Å². The summed E-state index contributed by atoms with van der Waals surface area (Å²) in [6.07, 6.45) is 0. The van der Waals surface area contributed by atoms with E-state index in [0.29, 0.717) is 0 Å². The van der Waals surface area contributed by atoms with Crippen LogP contribution in [0.1, 0.15) is 13.8 Å². The van der Waals surface area contributed by atoms with Gasteiger partial charge in [-0.05, 0) is 13.8 Å². The molecule has 0 saturated carbocycles. The fourth-order valence-electron chi connectivity index (χ4n) is 0.946. The van der Waals surface area contributed by atoms with Crippen LogP contribution in [-0.4, -0.2) is 54.1 Å². The number of nitrogens with zero attached hydrogens (tertiary/aromatic N) is 1. The largest absolute Gasteiger partial charge is 0.480 e. The second kappa shape index (κ2) is 5.94. The quantitative estimate of drug-likeness (QED) is 0.592. The number of carboxylic acids is 1.